The molecule has 1 fully saturated rings. The minimum absolute atomic E-state index is 0.0711. The number of nitrogen functional groups attached to an aromatic ring is 1. The van der Waals surface area contributed by atoms with Crippen molar-refractivity contribution in [3.05, 3.63) is 35.7 Å². The van der Waals surface area contributed by atoms with Crippen molar-refractivity contribution in [2.75, 3.05) is 5.73 Å². The highest BCUT2D eigenvalue weighted by Crippen LogP contribution is 2.52. The van der Waals surface area contributed by atoms with Crippen LogP contribution < -0.4 is 5.73 Å². The second-order valence-electron chi connectivity index (χ2n) is 4.17. The van der Waals surface area contributed by atoms with Gasteiger partial charge < -0.3 is 10.8 Å². The van der Waals surface area contributed by atoms with E-state index < -0.39 is 0 Å². The van der Waals surface area contributed by atoms with Gasteiger partial charge in [-0.25, -0.2) is 0 Å². The molecule has 0 atom stereocenters. The summed E-state index contributed by atoms with van der Waals surface area (Å²) in [6.07, 6.45) is 2.07. The molecule has 1 heterocycles. The molecule has 0 saturated heterocycles. The first-order valence-corrected chi connectivity index (χ1v) is 5.19. The van der Waals surface area contributed by atoms with Crippen molar-refractivity contribution in [3.8, 4) is 5.75 Å². The molecule has 2 aromatic rings. The maximum absolute atomic E-state index is 9.26. The average molecular weight is 216 g/mol. The molecule has 0 bridgehead atoms. The first kappa shape index (κ1) is 9.21. The van der Waals surface area contributed by atoms with Crippen LogP contribution in [0.4, 0.5) is 5.95 Å². The van der Waals surface area contributed by atoms with Gasteiger partial charge in [0.15, 0.2) is 0 Å². The maximum atomic E-state index is 9.26. The zero-order valence-electron chi connectivity index (χ0n) is 8.64. The Bertz CT molecular complexity index is 513. The van der Waals surface area contributed by atoms with Gasteiger partial charge in [0.1, 0.15) is 11.6 Å². The number of phenolic OH excluding ortho intramolecular Hbond substituents is 1. The van der Waals surface area contributed by atoms with E-state index in [-0.39, 0.29) is 17.1 Å². The molecule has 0 spiro atoms. The number of hydrogen-bond acceptors (Lipinski definition) is 4. The summed E-state index contributed by atoms with van der Waals surface area (Å²) >= 11 is 0. The third-order valence-corrected chi connectivity index (χ3v) is 3.13. The fourth-order valence-electron chi connectivity index (χ4n) is 2.06. The highest BCUT2D eigenvalue weighted by molar-refractivity contribution is 5.42. The molecule has 82 valence electrons. The fraction of sp³-hybridized carbons (Fsp3) is 0.273. The Morgan fingerprint density at radius 1 is 1.25 bits per heavy atom. The van der Waals surface area contributed by atoms with Gasteiger partial charge in [-0.2, -0.15) is 4.98 Å². The first-order chi connectivity index (χ1) is 7.71. The number of nitrogens with zero attached hydrogens (tertiary/aromatic N) is 2. The molecule has 16 heavy (non-hydrogen) atoms. The van der Waals surface area contributed by atoms with Crippen LogP contribution in [0.5, 0.6) is 5.75 Å². The molecule has 4 N–H and O–H groups in total. The maximum Gasteiger partial charge on any atom is 0.239 e. The number of nitrogens with two attached hydrogens (primary N) is 1. The van der Waals surface area contributed by atoms with Gasteiger partial charge in [0.2, 0.25) is 5.95 Å². The molecular weight excluding hydrogens is 204 g/mol. The van der Waals surface area contributed by atoms with E-state index in [4.69, 9.17) is 5.73 Å². The number of hydrogen-bond donors (Lipinski definition) is 3. The third-order valence-electron chi connectivity index (χ3n) is 3.13. The van der Waals surface area contributed by atoms with Gasteiger partial charge >= 0.3 is 0 Å². The predicted molar refractivity (Wildman–Crippen MR) is 58.9 cm³/mol. The SMILES string of the molecule is Nc1n[nH]c(C2(c3ccc(O)cc3)CC2)n1. The van der Waals surface area contributed by atoms with E-state index in [9.17, 15) is 5.11 Å². The molecule has 0 unspecified atom stereocenters. The lowest BCUT2D eigenvalue weighted by Gasteiger charge is -2.11. The van der Waals surface area contributed by atoms with Gasteiger partial charge in [-0.1, -0.05) is 12.1 Å². The highest BCUT2D eigenvalue weighted by Gasteiger charge is 2.48. The number of benzene rings is 1. The van der Waals surface area contributed by atoms with Crippen molar-refractivity contribution in [2.45, 2.75) is 18.3 Å². The van der Waals surface area contributed by atoms with Crippen LogP contribution in [0.1, 0.15) is 24.2 Å². The number of rotatable bonds is 2. The number of H-pyrrole nitrogens is 1. The van der Waals surface area contributed by atoms with Gasteiger partial charge in [-0.3, -0.25) is 5.10 Å². The minimum Gasteiger partial charge on any atom is -0.508 e. The molecule has 1 saturated carbocycles. The summed E-state index contributed by atoms with van der Waals surface area (Å²) < 4.78 is 0. The van der Waals surface area contributed by atoms with Crippen LogP contribution in [0.2, 0.25) is 0 Å². The van der Waals surface area contributed by atoms with Crippen LogP contribution in [0.25, 0.3) is 0 Å². The number of aromatic nitrogens is 3. The summed E-state index contributed by atoms with van der Waals surface area (Å²) in [5.41, 5.74) is 6.58. The molecule has 0 aliphatic heterocycles. The summed E-state index contributed by atoms with van der Waals surface area (Å²) in [5, 5.41) is 16.0. The third kappa shape index (κ3) is 1.25. The van der Waals surface area contributed by atoms with Crippen molar-refractivity contribution in [1.29, 1.82) is 0 Å². The van der Waals surface area contributed by atoms with E-state index in [0.29, 0.717) is 0 Å². The smallest absolute Gasteiger partial charge is 0.239 e. The van der Waals surface area contributed by atoms with Crippen LogP contribution >= 0.6 is 0 Å². The topological polar surface area (TPSA) is 87.8 Å². The Morgan fingerprint density at radius 3 is 2.44 bits per heavy atom. The average Bonchev–Trinajstić information content (AvgIpc) is 2.97. The lowest BCUT2D eigenvalue weighted by molar-refractivity contribution is 0.475. The van der Waals surface area contributed by atoms with E-state index in [1.165, 1.54) is 0 Å². The number of aromatic hydroxyl groups is 1. The molecule has 1 aromatic carbocycles. The summed E-state index contributed by atoms with van der Waals surface area (Å²) in [6, 6.07) is 7.21. The second kappa shape index (κ2) is 2.98. The van der Waals surface area contributed by atoms with Gasteiger partial charge in [-0.05, 0) is 30.5 Å². The Kier molecular flexibility index (Phi) is 1.71. The summed E-state index contributed by atoms with van der Waals surface area (Å²) in [6.45, 7) is 0. The molecule has 5 heteroatoms. The summed E-state index contributed by atoms with van der Waals surface area (Å²) in [5.74, 6) is 1.37. The lowest BCUT2D eigenvalue weighted by Crippen LogP contribution is -2.10. The molecule has 1 aliphatic rings. The van der Waals surface area contributed by atoms with Crippen molar-refractivity contribution in [2.24, 2.45) is 0 Å². The van der Waals surface area contributed by atoms with E-state index in [0.717, 1.165) is 24.2 Å². The van der Waals surface area contributed by atoms with Crippen molar-refractivity contribution >= 4 is 5.95 Å². The number of phenols is 1. The van der Waals surface area contributed by atoms with Crippen LogP contribution in [-0.2, 0) is 5.41 Å². The summed E-state index contributed by atoms with van der Waals surface area (Å²) in [4.78, 5) is 4.19. The first-order valence-electron chi connectivity index (χ1n) is 5.19. The van der Waals surface area contributed by atoms with Crippen LogP contribution in [0.3, 0.4) is 0 Å². The number of anilines is 1. The Hall–Kier alpha value is -2.04. The molecule has 1 aliphatic carbocycles. The molecule has 3 rings (SSSR count). The quantitative estimate of drug-likeness (QED) is 0.703. The Balaban J connectivity index is 2.03. The standard InChI is InChI=1S/C11H12N4O/c12-10-13-9(14-15-10)11(5-6-11)7-1-3-8(16)4-2-7/h1-4,16H,5-6H2,(H3,12,13,14,15). The minimum atomic E-state index is -0.0711. The molecule has 0 radical (unpaired) electrons. The van der Waals surface area contributed by atoms with E-state index in [1.54, 1.807) is 12.1 Å². The second-order valence-corrected chi connectivity index (χ2v) is 4.17. The normalized spacial score (nSPS) is 17.2. The Morgan fingerprint density at radius 2 is 1.94 bits per heavy atom. The van der Waals surface area contributed by atoms with Crippen molar-refractivity contribution < 1.29 is 5.11 Å². The van der Waals surface area contributed by atoms with Crippen molar-refractivity contribution in [3.63, 3.8) is 0 Å². The monoisotopic (exact) mass is 216 g/mol. The Labute approximate surface area is 92.3 Å². The molecule has 0 amide bonds. The zero-order chi connectivity index (χ0) is 11.2. The zero-order valence-corrected chi connectivity index (χ0v) is 8.64. The van der Waals surface area contributed by atoms with Crippen LogP contribution in [0, 0.1) is 0 Å². The predicted octanol–water partition coefficient (Wildman–Crippen LogP) is 1.17. The summed E-state index contributed by atoms with van der Waals surface area (Å²) in [7, 11) is 0. The van der Waals surface area contributed by atoms with Crippen molar-refractivity contribution in [1.82, 2.24) is 15.2 Å². The lowest BCUT2D eigenvalue weighted by atomic mass is 9.95. The van der Waals surface area contributed by atoms with E-state index in [1.807, 2.05) is 12.1 Å². The van der Waals surface area contributed by atoms with Crippen LogP contribution in [0.15, 0.2) is 24.3 Å². The fourth-order valence-corrected chi connectivity index (χ4v) is 2.06. The van der Waals surface area contributed by atoms with E-state index in [2.05, 4.69) is 15.2 Å². The molecule has 1 aromatic heterocycles. The van der Waals surface area contributed by atoms with Gasteiger partial charge in [-0.15, -0.1) is 5.10 Å². The highest BCUT2D eigenvalue weighted by atomic mass is 16.3. The largest absolute Gasteiger partial charge is 0.508 e. The molecule has 5 nitrogen and oxygen atoms in total. The van der Waals surface area contributed by atoms with Gasteiger partial charge in [0, 0.05) is 0 Å². The number of nitrogens with one attached hydrogen (secondary N) is 1. The van der Waals surface area contributed by atoms with E-state index >= 15 is 0 Å². The van der Waals surface area contributed by atoms with Gasteiger partial charge in [0.25, 0.3) is 0 Å². The molecular formula is C11H12N4O. The number of aromatic amines is 1. The van der Waals surface area contributed by atoms with Gasteiger partial charge in [0.05, 0.1) is 5.41 Å². The van der Waals surface area contributed by atoms with Crippen LogP contribution in [-0.4, -0.2) is 20.3 Å².